The number of rotatable bonds is 3. The van der Waals surface area contributed by atoms with Crippen LogP contribution in [0.4, 0.5) is 4.39 Å². The highest BCUT2D eigenvalue weighted by molar-refractivity contribution is 5.13. The average molecular weight is 170 g/mol. The first kappa shape index (κ1) is 9.09. The lowest BCUT2D eigenvalue weighted by atomic mass is 10.1. The molecule has 0 unspecified atom stereocenters. The Morgan fingerprint density at radius 2 is 2.33 bits per heavy atom. The fraction of sp³-hybridized carbons (Fsp3) is 0.375. The van der Waals surface area contributed by atoms with Gasteiger partial charge in [0.05, 0.1) is 0 Å². The lowest BCUT2D eigenvalue weighted by molar-refractivity contribution is 0.276. The number of aromatic nitrogens is 1. The van der Waals surface area contributed by atoms with E-state index in [2.05, 4.69) is 4.98 Å². The largest absolute Gasteiger partial charge is 0.396 e. The van der Waals surface area contributed by atoms with Gasteiger partial charge in [-0.3, -0.25) is 0 Å². The summed E-state index contributed by atoms with van der Waals surface area (Å²) in [5.74, 6) is -0.519. The van der Waals surface area contributed by atoms with Crippen LogP contribution in [0.25, 0.3) is 0 Å². The van der Waals surface area contributed by atoms with Crippen molar-refractivity contribution in [2.45, 2.75) is 12.5 Å². The minimum atomic E-state index is -0.519. The number of halogens is 1. The molecule has 0 saturated carbocycles. The summed E-state index contributed by atoms with van der Waals surface area (Å²) < 4.78 is 12.3. The quantitative estimate of drug-likeness (QED) is 0.653. The maximum absolute atomic E-state index is 12.3. The van der Waals surface area contributed by atoms with E-state index in [-0.39, 0.29) is 12.6 Å². The van der Waals surface area contributed by atoms with Gasteiger partial charge >= 0.3 is 0 Å². The van der Waals surface area contributed by atoms with Gasteiger partial charge in [-0.25, -0.2) is 4.98 Å². The second-order valence-corrected chi connectivity index (χ2v) is 2.53. The molecule has 0 fully saturated rings. The van der Waals surface area contributed by atoms with Gasteiger partial charge in [0, 0.05) is 18.8 Å². The Kier molecular flexibility index (Phi) is 3.13. The summed E-state index contributed by atoms with van der Waals surface area (Å²) in [6.07, 6.45) is 1.85. The molecule has 0 amide bonds. The molecule has 0 aliphatic heterocycles. The molecule has 0 saturated heterocycles. The molecule has 3 nitrogen and oxygen atoms in total. The van der Waals surface area contributed by atoms with Gasteiger partial charge in [-0.1, -0.05) is 6.07 Å². The van der Waals surface area contributed by atoms with E-state index in [0.717, 1.165) is 5.56 Å². The predicted molar refractivity (Wildman–Crippen MR) is 42.8 cm³/mol. The standard InChI is InChI=1S/C8H11FN2O/c9-8-2-1-6(5-11-8)7(10)3-4-12/h1-2,5,7,12H,3-4,10H2/t7-/m0/s1. The highest BCUT2D eigenvalue weighted by atomic mass is 19.1. The van der Waals surface area contributed by atoms with Crippen LogP contribution in [0.2, 0.25) is 0 Å². The number of pyridine rings is 1. The monoisotopic (exact) mass is 170 g/mol. The zero-order valence-corrected chi connectivity index (χ0v) is 6.57. The van der Waals surface area contributed by atoms with Gasteiger partial charge < -0.3 is 10.8 Å². The van der Waals surface area contributed by atoms with Crippen LogP contribution in [0.5, 0.6) is 0 Å². The molecule has 66 valence electrons. The Bertz CT molecular complexity index is 237. The SMILES string of the molecule is N[C@@H](CCO)c1ccc(F)nc1. The first-order valence-corrected chi connectivity index (χ1v) is 3.72. The second-order valence-electron chi connectivity index (χ2n) is 2.53. The fourth-order valence-corrected chi connectivity index (χ4v) is 0.912. The van der Waals surface area contributed by atoms with Crippen molar-refractivity contribution in [3.63, 3.8) is 0 Å². The van der Waals surface area contributed by atoms with Gasteiger partial charge in [-0.15, -0.1) is 0 Å². The van der Waals surface area contributed by atoms with E-state index in [1.54, 1.807) is 6.07 Å². The van der Waals surface area contributed by atoms with E-state index < -0.39 is 5.95 Å². The smallest absolute Gasteiger partial charge is 0.212 e. The van der Waals surface area contributed by atoms with Crippen molar-refractivity contribution in [2.24, 2.45) is 5.73 Å². The van der Waals surface area contributed by atoms with Gasteiger partial charge in [0.25, 0.3) is 0 Å². The molecule has 1 rings (SSSR count). The third-order valence-electron chi connectivity index (χ3n) is 1.62. The number of aliphatic hydroxyl groups excluding tert-OH is 1. The van der Waals surface area contributed by atoms with Gasteiger partial charge in [0.1, 0.15) is 0 Å². The molecule has 0 spiro atoms. The topological polar surface area (TPSA) is 59.1 Å². The zero-order valence-electron chi connectivity index (χ0n) is 6.57. The first-order valence-electron chi connectivity index (χ1n) is 3.72. The molecule has 1 aromatic heterocycles. The highest BCUT2D eigenvalue weighted by Gasteiger charge is 2.04. The van der Waals surface area contributed by atoms with Gasteiger partial charge in [-0.2, -0.15) is 4.39 Å². The van der Waals surface area contributed by atoms with Crippen LogP contribution in [-0.2, 0) is 0 Å². The van der Waals surface area contributed by atoms with Crippen LogP contribution in [-0.4, -0.2) is 16.7 Å². The van der Waals surface area contributed by atoms with Crippen molar-refractivity contribution in [3.8, 4) is 0 Å². The van der Waals surface area contributed by atoms with Gasteiger partial charge in [0.2, 0.25) is 5.95 Å². The van der Waals surface area contributed by atoms with Crippen LogP contribution in [0, 0.1) is 5.95 Å². The second kappa shape index (κ2) is 4.13. The molecule has 3 N–H and O–H groups in total. The Morgan fingerprint density at radius 1 is 1.58 bits per heavy atom. The molecule has 0 bridgehead atoms. The van der Waals surface area contributed by atoms with Crippen molar-refractivity contribution in [2.75, 3.05) is 6.61 Å². The Morgan fingerprint density at radius 3 is 2.83 bits per heavy atom. The van der Waals surface area contributed by atoms with Crippen molar-refractivity contribution < 1.29 is 9.50 Å². The van der Waals surface area contributed by atoms with E-state index in [4.69, 9.17) is 10.8 Å². The summed E-state index contributed by atoms with van der Waals surface area (Å²) in [4.78, 5) is 3.45. The molecule has 1 heterocycles. The zero-order chi connectivity index (χ0) is 8.97. The maximum Gasteiger partial charge on any atom is 0.212 e. The van der Waals surface area contributed by atoms with Gasteiger partial charge in [-0.05, 0) is 18.1 Å². The van der Waals surface area contributed by atoms with E-state index in [0.29, 0.717) is 6.42 Å². The number of hydrogen-bond donors (Lipinski definition) is 2. The predicted octanol–water partition coefficient (Wildman–Crippen LogP) is 0.603. The third-order valence-corrected chi connectivity index (χ3v) is 1.62. The fourth-order valence-electron chi connectivity index (χ4n) is 0.912. The van der Waals surface area contributed by atoms with Crippen molar-refractivity contribution in [1.82, 2.24) is 4.98 Å². The number of aliphatic hydroxyl groups is 1. The third kappa shape index (κ3) is 2.25. The van der Waals surface area contributed by atoms with E-state index in [1.807, 2.05) is 0 Å². The summed E-state index contributed by atoms with van der Waals surface area (Å²) >= 11 is 0. The number of nitrogens with two attached hydrogens (primary N) is 1. The Labute approximate surface area is 70.0 Å². The summed E-state index contributed by atoms with van der Waals surface area (Å²) in [7, 11) is 0. The maximum atomic E-state index is 12.3. The van der Waals surface area contributed by atoms with Crippen LogP contribution < -0.4 is 5.73 Å². The van der Waals surface area contributed by atoms with Crippen molar-refractivity contribution in [3.05, 3.63) is 29.8 Å². The average Bonchev–Trinajstić information content (AvgIpc) is 2.06. The summed E-state index contributed by atoms with van der Waals surface area (Å²) in [6.45, 7) is 0.0263. The minimum absolute atomic E-state index is 0.0263. The lowest BCUT2D eigenvalue weighted by Gasteiger charge is -2.08. The van der Waals surface area contributed by atoms with Crippen molar-refractivity contribution >= 4 is 0 Å². The molecule has 0 radical (unpaired) electrons. The summed E-state index contributed by atoms with van der Waals surface area (Å²) in [5, 5.41) is 8.58. The molecule has 12 heavy (non-hydrogen) atoms. The van der Waals surface area contributed by atoms with E-state index >= 15 is 0 Å². The van der Waals surface area contributed by atoms with Crippen LogP contribution >= 0.6 is 0 Å². The highest BCUT2D eigenvalue weighted by Crippen LogP contribution is 2.11. The molecule has 0 aromatic carbocycles. The Hall–Kier alpha value is -1.00. The van der Waals surface area contributed by atoms with E-state index in [9.17, 15) is 4.39 Å². The molecular weight excluding hydrogens is 159 g/mol. The van der Waals surface area contributed by atoms with Gasteiger partial charge in [0.15, 0.2) is 0 Å². The van der Waals surface area contributed by atoms with Crippen LogP contribution in [0.3, 0.4) is 0 Å². The Balaban J connectivity index is 2.68. The lowest BCUT2D eigenvalue weighted by Crippen LogP contribution is -2.12. The van der Waals surface area contributed by atoms with Crippen LogP contribution in [0.1, 0.15) is 18.0 Å². The van der Waals surface area contributed by atoms with E-state index in [1.165, 1.54) is 12.3 Å². The molecule has 1 aromatic rings. The van der Waals surface area contributed by atoms with Crippen molar-refractivity contribution in [1.29, 1.82) is 0 Å². The molecule has 0 aliphatic carbocycles. The summed E-state index contributed by atoms with van der Waals surface area (Å²) in [5.41, 5.74) is 6.37. The molecule has 0 aliphatic rings. The number of hydrogen-bond acceptors (Lipinski definition) is 3. The van der Waals surface area contributed by atoms with Crippen LogP contribution in [0.15, 0.2) is 18.3 Å². The molecule has 4 heteroatoms. The minimum Gasteiger partial charge on any atom is -0.396 e. The first-order chi connectivity index (χ1) is 5.74. The molecular formula is C8H11FN2O. The number of nitrogens with zero attached hydrogens (tertiary/aromatic N) is 1. The molecule has 1 atom stereocenters. The normalized spacial score (nSPS) is 12.9. The summed E-state index contributed by atoms with van der Waals surface area (Å²) in [6, 6.07) is 2.57.